The standard InChI is InChI=1S/C13H20N4O/c18-13(5-9-16-8-1-6-15-16)17-11-2-3-12(17)10-14-7-4-11/h1,6,8,11-12,14H,2-5,7,9-10H2. The van der Waals surface area contributed by atoms with Crippen molar-refractivity contribution in [3.8, 4) is 0 Å². The molecule has 5 heteroatoms. The third-order valence-corrected chi connectivity index (χ3v) is 4.06. The summed E-state index contributed by atoms with van der Waals surface area (Å²) in [5.74, 6) is 0.293. The first-order valence-corrected chi connectivity index (χ1v) is 6.84. The van der Waals surface area contributed by atoms with Gasteiger partial charge < -0.3 is 10.2 Å². The van der Waals surface area contributed by atoms with Crippen LogP contribution in [0.4, 0.5) is 0 Å². The van der Waals surface area contributed by atoms with Gasteiger partial charge in [-0.2, -0.15) is 5.10 Å². The number of hydrogen-bond donors (Lipinski definition) is 1. The van der Waals surface area contributed by atoms with Crippen LogP contribution in [0, 0.1) is 0 Å². The molecule has 1 N–H and O–H groups in total. The van der Waals surface area contributed by atoms with Crippen LogP contribution in [-0.2, 0) is 11.3 Å². The average Bonchev–Trinajstić information content (AvgIpc) is 2.93. The SMILES string of the molecule is O=C(CCn1cccn1)N1C2CCNCC1CC2. The lowest BCUT2D eigenvalue weighted by atomic mass is 10.1. The average molecular weight is 248 g/mol. The van der Waals surface area contributed by atoms with Gasteiger partial charge in [-0.1, -0.05) is 0 Å². The number of fused-ring (bicyclic) bond motifs is 2. The molecule has 98 valence electrons. The molecule has 0 saturated carbocycles. The van der Waals surface area contributed by atoms with Gasteiger partial charge in [0.1, 0.15) is 0 Å². The molecule has 2 aliphatic rings. The first-order valence-electron chi connectivity index (χ1n) is 6.84. The number of carbonyl (C=O) groups is 1. The number of carbonyl (C=O) groups excluding carboxylic acids is 1. The van der Waals surface area contributed by atoms with E-state index in [1.807, 2.05) is 16.9 Å². The molecule has 2 fully saturated rings. The van der Waals surface area contributed by atoms with Gasteiger partial charge in [-0.3, -0.25) is 9.48 Å². The predicted octanol–water partition coefficient (Wildman–Crippen LogP) is 0.626. The van der Waals surface area contributed by atoms with Crippen molar-refractivity contribution in [3.63, 3.8) is 0 Å². The zero-order valence-corrected chi connectivity index (χ0v) is 10.6. The molecule has 2 unspecified atom stereocenters. The van der Waals surface area contributed by atoms with Crippen molar-refractivity contribution in [2.75, 3.05) is 13.1 Å². The van der Waals surface area contributed by atoms with E-state index in [1.54, 1.807) is 6.20 Å². The summed E-state index contributed by atoms with van der Waals surface area (Å²) in [5, 5.41) is 7.56. The molecule has 2 atom stereocenters. The molecule has 1 amide bonds. The number of amides is 1. The predicted molar refractivity (Wildman–Crippen MR) is 68.0 cm³/mol. The second kappa shape index (κ2) is 5.10. The first-order chi connectivity index (χ1) is 8.84. The van der Waals surface area contributed by atoms with Crippen molar-refractivity contribution >= 4 is 5.91 Å². The fraction of sp³-hybridized carbons (Fsp3) is 0.692. The van der Waals surface area contributed by atoms with Crippen LogP contribution in [-0.4, -0.2) is 45.8 Å². The minimum atomic E-state index is 0.293. The van der Waals surface area contributed by atoms with Crippen LogP contribution in [0.1, 0.15) is 25.7 Å². The Morgan fingerprint density at radius 3 is 3.06 bits per heavy atom. The Morgan fingerprint density at radius 2 is 2.22 bits per heavy atom. The molecule has 1 aromatic heterocycles. The third-order valence-electron chi connectivity index (χ3n) is 4.06. The molecule has 0 radical (unpaired) electrons. The van der Waals surface area contributed by atoms with Crippen molar-refractivity contribution in [3.05, 3.63) is 18.5 Å². The number of rotatable bonds is 3. The van der Waals surface area contributed by atoms with Crippen molar-refractivity contribution in [2.45, 2.75) is 44.3 Å². The lowest BCUT2D eigenvalue weighted by Crippen LogP contribution is -2.42. The Morgan fingerprint density at radius 1 is 1.33 bits per heavy atom. The first kappa shape index (κ1) is 11.7. The number of aromatic nitrogens is 2. The van der Waals surface area contributed by atoms with Crippen LogP contribution in [0.15, 0.2) is 18.5 Å². The molecule has 3 heterocycles. The van der Waals surface area contributed by atoms with Crippen LogP contribution in [0.25, 0.3) is 0 Å². The van der Waals surface area contributed by atoms with E-state index in [9.17, 15) is 4.79 Å². The molecule has 2 saturated heterocycles. The van der Waals surface area contributed by atoms with Gasteiger partial charge in [-0.25, -0.2) is 0 Å². The summed E-state index contributed by atoms with van der Waals surface area (Å²) >= 11 is 0. The Hall–Kier alpha value is -1.36. The minimum Gasteiger partial charge on any atom is -0.335 e. The third kappa shape index (κ3) is 2.27. The Kier molecular flexibility index (Phi) is 3.32. The normalized spacial score (nSPS) is 27.2. The van der Waals surface area contributed by atoms with Gasteiger partial charge in [0.25, 0.3) is 0 Å². The molecule has 2 bridgehead atoms. The fourth-order valence-electron chi connectivity index (χ4n) is 3.16. The molecular weight excluding hydrogens is 228 g/mol. The Bertz CT molecular complexity index is 389. The highest BCUT2D eigenvalue weighted by atomic mass is 16.2. The summed E-state index contributed by atoms with van der Waals surface area (Å²) in [4.78, 5) is 14.5. The highest BCUT2D eigenvalue weighted by Crippen LogP contribution is 2.28. The van der Waals surface area contributed by atoms with Crippen LogP contribution in [0.2, 0.25) is 0 Å². The Labute approximate surface area is 107 Å². The molecule has 5 nitrogen and oxygen atoms in total. The summed E-state index contributed by atoms with van der Waals surface area (Å²) in [7, 11) is 0. The van der Waals surface area contributed by atoms with E-state index in [0.717, 1.165) is 25.9 Å². The molecular formula is C13H20N4O. The summed E-state index contributed by atoms with van der Waals surface area (Å²) in [5.41, 5.74) is 0. The van der Waals surface area contributed by atoms with Gasteiger partial charge in [0, 0.05) is 44.0 Å². The van der Waals surface area contributed by atoms with Crippen molar-refractivity contribution < 1.29 is 4.79 Å². The zero-order chi connectivity index (χ0) is 12.4. The summed E-state index contributed by atoms with van der Waals surface area (Å²) in [6.07, 6.45) is 7.67. The van der Waals surface area contributed by atoms with E-state index in [2.05, 4.69) is 15.3 Å². The molecule has 0 spiro atoms. The summed E-state index contributed by atoms with van der Waals surface area (Å²) < 4.78 is 1.83. The fourth-order valence-corrected chi connectivity index (χ4v) is 3.16. The maximum atomic E-state index is 12.4. The summed E-state index contributed by atoms with van der Waals surface area (Å²) in [6, 6.07) is 2.78. The maximum absolute atomic E-state index is 12.4. The highest BCUT2D eigenvalue weighted by Gasteiger charge is 2.37. The van der Waals surface area contributed by atoms with Crippen molar-refractivity contribution in [1.29, 1.82) is 0 Å². The van der Waals surface area contributed by atoms with Crippen molar-refractivity contribution in [2.24, 2.45) is 0 Å². The van der Waals surface area contributed by atoms with Crippen molar-refractivity contribution in [1.82, 2.24) is 20.0 Å². The van der Waals surface area contributed by atoms with E-state index < -0.39 is 0 Å². The van der Waals surface area contributed by atoms with Gasteiger partial charge in [0.15, 0.2) is 0 Å². The van der Waals surface area contributed by atoms with E-state index in [-0.39, 0.29) is 0 Å². The molecule has 2 aliphatic heterocycles. The van der Waals surface area contributed by atoms with Gasteiger partial charge >= 0.3 is 0 Å². The number of nitrogens with zero attached hydrogens (tertiary/aromatic N) is 3. The topological polar surface area (TPSA) is 50.2 Å². The number of aryl methyl sites for hydroxylation is 1. The molecule has 1 aromatic rings. The molecule has 0 aliphatic carbocycles. The molecule has 3 rings (SSSR count). The molecule has 18 heavy (non-hydrogen) atoms. The highest BCUT2D eigenvalue weighted by molar-refractivity contribution is 5.77. The van der Waals surface area contributed by atoms with Gasteiger partial charge in [0.05, 0.1) is 0 Å². The van der Waals surface area contributed by atoms with Gasteiger partial charge in [-0.05, 0) is 31.9 Å². The quantitative estimate of drug-likeness (QED) is 0.853. The number of nitrogens with one attached hydrogen (secondary N) is 1. The lowest BCUT2D eigenvalue weighted by molar-refractivity contribution is -0.134. The zero-order valence-electron chi connectivity index (χ0n) is 10.6. The minimum absolute atomic E-state index is 0.293. The Balaban J connectivity index is 1.61. The number of hydrogen-bond acceptors (Lipinski definition) is 3. The van der Waals surface area contributed by atoms with Crippen LogP contribution < -0.4 is 5.32 Å². The maximum Gasteiger partial charge on any atom is 0.224 e. The van der Waals surface area contributed by atoms with E-state index in [0.29, 0.717) is 31.0 Å². The lowest BCUT2D eigenvalue weighted by Gasteiger charge is -2.28. The largest absolute Gasteiger partial charge is 0.335 e. The van der Waals surface area contributed by atoms with E-state index >= 15 is 0 Å². The monoisotopic (exact) mass is 248 g/mol. The van der Waals surface area contributed by atoms with E-state index in [4.69, 9.17) is 0 Å². The van der Waals surface area contributed by atoms with E-state index in [1.165, 1.54) is 6.42 Å². The smallest absolute Gasteiger partial charge is 0.224 e. The van der Waals surface area contributed by atoms with Gasteiger partial charge in [-0.15, -0.1) is 0 Å². The van der Waals surface area contributed by atoms with Crippen LogP contribution in [0.5, 0.6) is 0 Å². The second-order valence-corrected chi connectivity index (χ2v) is 5.20. The van der Waals surface area contributed by atoms with Crippen LogP contribution in [0.3, 0.4) is 0 Å². The summed E-state index contributed by atoms with van der Waals surface area (Å²) in [6.45, 7) is 2.70. The second-order valence-electron chi connectivity index (χ2n) is 5.20. The van der Waals surface area contributed by atoms with Crippen LogP contribution >= 0.6 is 0 Å². The van der Waals surface area contributed by atoms with Gasteiger partial charge in [0.2, 0.25) is 5.91 Å². The molecule has 0 aromatic carbocycles.